The number of anilines is 1. The number of rotatable bonds is 5. The van der Waals surface area contributed by atoms with E-state index in [1.807, 2.05) is 0 Å². The summed E-state index contributed by atoms with van der Waals surface area (Å²) in [7, 11) is 0. The average molecular weight is 432 g/mol. The number of hydrogen-bond donors (Lipinski definition) is 2. The van der Waals surface area contributed by atoms with Gasteiger partial charge < -0.3 is 15.2 Å². The Morgan fingerprint density at radius 3 is 3.00 bits per heavy atom. The number of fused-ring (bicyclic) bond motifs is 1. The van der Waals surface area contributed by atoms with Crippen molar-refractivity contribution in [3.8, 4) is 17.5 Å². The maximum atomic E-state index is 14.7. The van der Waals surface area contributed by atoms with Gasteiger partial charge in [0.25, 0.3) is 0 Å². The fourth-order valence-corrected chi connectivity index (χ4v) is 3.77. The van der Waals surface area contributed by atoms with Crippen molar-refractivity contribution >= 4 is 34.4 Å². The molecule has 1 saturated heterocycles. The Bertz CT molecular complexity index is 1150. The normalized spacial score (nSPS) is 18.5. The first kappa shape index (κ1) is 20.0. The van der Waals surface area contributed by atoms with E-state index >= 15 is 0 Å². The number of nitrogens with one attached hydrogen (secondary N) is 2. The highest BCUT2D eigenvalue weighted by molar-refractivity contribution is 6.31. The van der Waals surface area contributed by atoms with E-state index < -0.39 is 30.5 Å². The summed E-state index contributed by atoms with van der Waals surface area (Å²) in [6.07, 6.45) is 4.79. The molecule has 0 unspecified atom stereocenters. The summed E-state index contributed by atoms with van der Waals surface area (Å²) in [4.78, 5) is 29.4. The van der Waals surface area contributed by atoms with Gasteiger partial charge in [-0.15, -0.1) is 0 Å². The third-order valence-corrected chi connectivity index (χ3v) is 5.15. The molecule has 3 aromatic heterocycles. The Balaban J connectivity index is 1.77. The van der Waals surface area contributed by atoms with Crippen LogP contribution in [0.2, 0.25) is 5.02 Å². The first-order chi connectivity index (χ1) is 14.5. The van der Waals surface area contributed by atoms with Crippen LogP contribution in [0.1, 0.15) is 12.8 Å². The predicted molar refractivity (Wildman–Crippen MR) is 106 cm³/mol. The van der Waals surface area contributed by atoms with Gasteiger partial charge in [-0.2, -0.15) is 5.26 Å². The minimum atomic E-state index is -0.836. The number of aromatic nitrogens is 4. The molecular formula is C19H16ClF2N7O. The largest absolute Gasteiger partial charge is 0.352 e. The number of nitrogens with zero attached hydrogens (tertiary/aromatic N) is 5. The van der Waals surface area contributed by atoms with Gasteiger partial charge in [0.2, 0.25) is 5.91 Å². The number of hydrogen-bond acceptors (Lipinski definition) is 6. The quantitative estimate of drug-likeness (QED) is 0.642. The Kier molecular flexibility index (Phi) is 5.46. The Morgan fingerprint density at radius 1 is 1.40 bits per heavy atom. The third-order valence-electron chi connectivity index (χ3n) is 4.94. The number of carbonyl (C=O) groups excluding carboxylic acids is 1. The molecule has 1 amide bonds. The summed E-state index contributed by atoms with van der Waals surface area (Å²) in [6.45, 7) is -0.871. The molecule has 0 saturated carbocycles. The van der Waals surface area contributed by atoms with E-state index in [1.54, 1.807) is 12.3 Å². The fraction of sp³-hybridized carbons (Fsp3) is 0.316. The van der Waals surface area contributed by atoms with Gasteiger partial charge in [-0.1, -0.05) is 11.6 Å². The van der Waals surface area contributed by atoms with Crippen molar-refractivity contribution in [2.45, 2.75) is 24.9 Å². The van der Waals surface area contributed by atoms with E-state index in [0.29, 0.717) is 34.5 Å². The van der Waals surface area contributed by atoms with Crippen molar-refractivity contribution in [1.29, 1.82) is 5.26 Å². The van der Waals surface area contributed by atoms with Crippen molar-refractivity contribution in [3.63, 3.8) is 0 Å². The van der Waals surface area contributed by atoms with Gasteiger partial charge in [0, 0.05) is 29.9 Å². The molecule has 154 valence electrons. The first-order valence-corrected chi connectivity index (χ1v) is 9.58. The zero-order chi connectivity index (χ0) is 21.3. The number of pyridine rings is 1. The van der Waals surface area contributed by atoms with Gasteiger partial charge in [0.05, 0.1) is 17.3 Å². The molecule has 3 aromatic rings. The lowest BCUT2D eigenvalue weighted by atomic mass is 10.2. The van der Waals surface area contributed by atoms with Crippen LogP contribution in [0.5, 0.6) is 0 Å². The Labute approximate surface area is 174 Å². The summed E-state index contributed by atoms with van der Waals surface area (Å²) in [5.74, 6) is -1.21. The third kappa shape index (κ3) is 3.52. The van der Waals surface area contributed by atoms with E-state index in [2.05, 4.69) is 31.3 Å². The van der Waals surface area contributed by atoms with Gasteiger partial charge in [0.15, 0.2) is 17.5 Å². The van der Waals surface area contributed by atoms with Crippen molar-refractivity contribution in [2.24, 2.45) is 0 Å². The lowest BCUT2D eigenvalue weighted by molar-refractivity contribution is -0.122. The highest BCUT2D eigenvalue weighted by Crippen LogP contribution is 2.33. The molecule has 1 fully saturated rings. The second-order valence-electron chi connectivity index (χ2n) is 6.74. The van der Waals surface area contributed by atoms with Gasteiger partial charge in [0.1, 0.15) is 24.4 Å². The van der Waals surface area contributed by atoms with Crippen LogP contribution in [0, 0.1) is 17.1 Å². The summed E-state index contributed by atoms with van der Waals surface area (Å²) in [6, 6.07) is 2.18. The van der Waals surface area contributed by atoms with Crippen LogP contribution in [0.25, 0.3) is 22.4 Å². The second kappa shape index (κ2) is 8.20. The van der Waals surface area contributed by atoms with Crippen molar-refractivity contribution in [1.82, 2.24) is 25.3 Å². The van der Waals surface area contributed by atoms with Crippen LogP contribution in [0.3, 0.4) is 0 Å². The maximum absolute atomic E-state index is 14.7. The molecule has 0 bridgehead atoms. The Hall–Kier alpha value is -3.32. The monoisotopic (exact) mass is 431 g/mol. The molecule has 0 radical (unpaired) electrons. The number of halogens is 3. The zero-order valence-corrected chi connectivity index (χ0v) is 16.3. The summed E-state index contributed by atoms with van der Waals surface area (Å²) in [5, 5.41) is 13.0. The topological polar surface area (TPSA) is 111 Å². The number of nitriles is 1. The van der Waals surface area contributed by atoms with Crippen molar-refractivity contribution < 1.29 is 13.6 Å². The van der Waals surface area contributed by atoms with Gasteiger partial charge >= 0.3 is 0 Å². The molecule has 1 aliphatic rings. The van der Waals surface area contributed by atoms with Crippen molar-refractivity contribution in [2.75, 3.05) is 18.1 Å². The number of alkyl halides is 1. The van der Waals surface area contributed by atoms with E-state index in [4.69, 9.17) is 11.6 Å². The van der Waals surface area contributed by atoms with Crippen LogP contribution in [0.4, 0.5) is 14.6 Å². The molecule has 4 heterocycles. The minimum absolute atomic E-state index is 0.152. The fourth-order valence-electron chi connectivity index (χ4n) is 3.61. The molecule has 11 heteroatoms. The summed E-state index contributed by atoms with van der Waals surface area (Å²) in [5.41, 5.74) is 1.11. The van der Waals surface area contributed by atoms with Crippen LogP contribution in [-0.4, -0.2) is 51.1 Å². The van der Waals surface area contributed by atoms with Crippen molar-refractivity contribution in [3.05, 3.63) is 35.5 Å². The number of amides is 1. The van der Waals surface area contributed by atoms with E-state index in [1.165, 1.54) is 11.1 Å². The number of carbonyl (C=O) groups is 1. The van der Waals surface area contributed by atoms with E-state index in [9.17, 15) is 18.8 Å². The molecule has 4 rings (SSSR count). The van der Waals surface area contributed by atoms with Gasteiger partial charge in [-0.25, -0.2) is 23.7 Å². The first-order valence-electron chi connectivity index (χ1n) is 9.20. The summed E-state index contributed by atoms with van der Waals surface area (Å²) >= 11 is 6.04. The molecule has 1 aliphatic heterocycles. The van der Waals surface area contributed by atoms with Crippen LogP contribution in [0.15, 0.2) is 24.7 Å². The van der Waals surface area contributed by atoms with Gasteiger partial charge in [-0.3, -0.25) is 4.79 Å². The van der Waals surface area contributed by atoms with Crippen LogP contribution in [-0.2, 0) is 4.79 Å². The zero-order valence-electron chi connectivity index (χ0n) is 15.6. The van der Waals surface area contributed by atoms with Crippen LogP contribution < -0.4 is 10.2 Å². The van der Waals surface area contributed by atoms with E-state index in [-0.39, 0.29) is 18.2 Å². The van der Waals surface area contributed by atoms with Crippen LogP contribution >= 0.6 is 11.6 Å². The molecule has 0 spiro atoms. The molecule has 2 N–H and O–H groups in total. The predicted octanol–water partition coefficient (Wildman–Crippen LogP) is 2.76. The molecule has 0 aliphatic carbocycles. The number of aromatic amines is 1. The molecule has 2 atom stereocenters. The van der Waals surface area contributed by atoms with E-state index in [0.717, 1.165) is 6.20 Å². The minimum Gasteiger partial charge on any atom is -0.352 e. The lowest BCUT2D eigenvalue weighted by Gasteiger charge is -2.27. The average Bonchev–Trinajstić information content (AvgIpc) is 3.36. The SMILES string of the molecule is N#C[C@@H]1CC[C@H](C(=O)NCCF)N1c1nc(-c2c[nH]c3ncc(Cl)cc23)ncc1F. The molecule has 0 aromatic carbocycles. The van der Waals surface area contributed by atoms with Gasteiger partial charge in [-0.05, 0) is 18.9 Å². The maximum Gasteiger partial charge on any atom is 0.242 e. The lowest BCUT2D eigenvalue weighted by Crippen LogP contribution is -2.47. The molecule has 30 heavy (non-hydrogen) atoms. The Morgan fingerprint density at radius 2 is 2.23 bits per heavy atom. The smallest absolute Gasteiger partial charge is 0.242 e. The second-order valence-corrected chi connectivity index (χ2v) is 7.18. The highest BCUT2D eigenvalue weighted by atomic mass is 35.5. The molecule has 8 nitrogen and oxygen atoms in total. The molecular weight excluding hydrogens is 416 g/mol. The number of H-pyrrole nitrogens is 1. The highest BCUT2D eigenvalue weighted by Gasteiger charge is 2.40. The standard InChI is InChI=1S/C19H16ClF2N7O/c20-10-5-12-13(8-26-16(12)25-7-10)17-27-9-14(22)18(28-17)29-11(6-23)1-2-15(29)19(30)24-4-3-21/h5,7-9,11,15H,1-4H2,(H,24,30)(H,25,26)/t11-,15+/m0/s1. The summed E-state index contributed by atoms with van der Waals surface area (Å²) < 4.78 is 27.2.